The van der Waals surface area contributed by atoms with Crippen LogP contribution in [0.3, 0.4) is 0 Å². The first-order valence-electron chi connectivity index (χ1n) is 6.30. The van der Waals surface area contributed by atoms with Gasteiger partial charge in [0, 0.05) is 6.54 Å². The van der Waals surface area contributed by atoms with E-state index in [9.17, 15) is 0 Å². The highest BCUT2D eigenvalue weighted by molar-refractivity contribution is 8.02. The van der Waals surface area contributed by atoms with Gasteiger partial charge >= 0.3 is 0 Å². The smallest absolute Gasteiger partial charge is 0.224 e. The van der Waals surface area contributed by atoms with Gasteiger partial charge in [0.25, 0.3) is 0 Å². The molecule has 2 aliphatic heterocycles. The molecule has 1 aromatic carbocycles. The van der Waals surface area contributed by atoms with E-state index in [1.165, 1.54) is 11.3 Å². The summed E-state index contributed by atoms with van der Waals surface area (Å²) in [5.41, 5.74) is 3.76. The molecule has 3 heterocycles. The summed E-state index contributed by atoms with van der Waals surface area (Å²) >= 11 is 13.8. The molecule has 4 rings (SSSR count). The molecule has 2 aliphatic rings. The molecular formula is C13H10Cl2N4S. The van der Waals surface area contributed by atoms with Crippen LogP contribution >= 0.6 is 35.3 Å². The Morgan fingerprint density at radius 1 is 1.25 bits per heavy atom. The van der Waals surface area contributed by atoms with Crippen LogP contribution in [0.2, 0.25) is 10.3 Å². The van der Waals surface area contributed by atoms with Crippen LogP contribution in [0.1, 0.15) is 12.0 Å². The molecule has 0 saturated carbocycles. The van der Waals surface area contributed by atoms with Crippen molar-refractivity contribution in [3.05, 3.63) is 40.3 Å². The summed E-state index contributed by atoms with van der Waals surface area (Å²) in [6.45, 7) is 1.03. The highest BCUT2D eigenvalue weighted by atomic mass is 35.5. The summed E-state index contributed by atoms with van der Waals surface area (Å²) < 4.78 is 4.32. The lowest BCUT2D eigenvalue weighted by atomic mass is 10.0. The van der Waals surface area contributed by atoms with E-state index in [0.29, 0.717) is 10.8 Å². The number of anilines is 3. The fourth-order valence-electron chi connectivity index (χ4n) is 2.61. The maximum atomic E-state index is 6.23. The Hall–Kier alpha value is -1.17. The SMILES string of the molecule is Clc1ncc(Cl)c(N2SN3CCCc4cccc2c43)n1. The van der Waals surface area contributed by atoms with Crippen molar-refractivity contribution in [1.82, 2.24) is 9.97 Å². The number of aryl methyl sites for hydroxylation is 1. The number of hydrogen-bond acceptors (Lipinski definition) is 5. The van der Waals surface area contributed by atoms with Crippen molar-refractivity contribution in [2.75, 3.05) is 15.2 Å². The maximum Gasteiger partial charge on any atom is 0.224 e. The van der Waals surface area contributed by atoms with Gasteiger partial charge in [-0.05, 0) is 36.1 Å². The second-order valence-corrected chi connectivity index (χ2v) is 6.39. The molecule has 0 atom stereocenters. The van der Waals surface area contributed by atoms with Crippen LogP contribution in [-0.2, 0) is 6.42 Å². The summed E-state index contributed by atoms with van der Waals surface area (Å²) in [4.78, 5) is 8.18. The number of aromatic nitrogens is 2. The Morgan fingerprint density at radius 2 is 2.15 bits per heavy atom. The first kappa shape index (κ1) is 12.6. The monoisotopic (exact) mass is 324 g/mol. The summed E-state index contributed by atoms with van der Waals surface area (Å²) in [5, 5.41) is 0.704. The first-order chi connectivity index (χ1) is 9.74. The molecule has 2 aromatic rings. The molecule has 0 N–H and O–H groups in total. The lowest BCUT2D eigenvalue weighted by Crippen LogP contribution is -2.20. The zero-order chi connectivity index (χ0) is 13.7. The van der Waals surface area contributed by atoms with Gasteiger partial charge in [0.2, 0.25) is 5.28 Å². The second-order valence-electron chi connectivity index (χ2n) is 4.68. The van der Waals surface area contributed by atoms with Crippen LogP contribution in [-0.4, -0.2) is 16.5 Å². The summed E-state index contributed by atoms with van der Waals surface area (Å²) in [7, 11) is 0. The third-order valence-corrected chi connectivity index (χ3v) is 4.99. The van der Waals surface area contributed by atoms with Gasteiger partial charge in [-0.15, -0.1) is 0 Å². The van der Waals surface area contributed by atoms with E-state index in [4.69, 9.17) is 23.2 Å². The van der Waals surface area contributed by atoms with E-state index < -0.39 is 0 Å². The van der Waals surface area contributed by atoms with E-state index in [1.54, 1.807) is 18.3 Å². The molecule has 20 heavy (non-hydrogen) atoms. The minimum atomic E-state index is 0.205. The molecule has 0 aliphatic carbocycles. The van der Waals surface area contributed by atoms with Crippen molar-refractivity contribution >= 4 is 52.5 Å². The van der Waals surface area contributed by atoms with Gasteiger partial charge < -0.3 is 0 Å². The zero-order valence-electron chi connectivity index (χ0n) is 10.4. The molecule has 0 radical (unpaired) electrons. The predicted molar refractivity (Wildman–Crippen MR) is 83.9 cm³/mol. The highest BCUT2D eigenvalue weighted by Gasteiger charge is 2.34. The van der Waals surface area contributed by atoms with E-state index in [2.05, 4.69) is 32.5 Å². The van der Waals surface area contributed by atoms with Crippen LogP contribution < -0.4 is 8.61 Å². The summed E-state index contributed by atoms with van der Waals surface area (Å²) in [6, 6.07) is 6.35. The predicted octanol–water partition coefficient (Wildman–Crippen LogP) is 4.25. The topological polar surface area (TPSA) is 32.3 Å². The van der Waals surface area contributed by atoms with Gasteiger partial charge in [0.1, 0.15) is 5.02 Å². The standard InChI is InChI=1S/C13H10Cl2N4S/c14-9-7-16-13(15)17-12(9)19-10-5-1-3-8-4-2-6-18(20-19)11(8)10/h1,3,5,7H,2,4,6H2. The fraction of sp³-hybridized carbons (Fsp3) is 0.231. The quantitative estimate of drug-likeness (QED) is 0.578. The van der Waals surface area contributed by atoms with Crippen molar-refractivity contribution in [3.8, 4) is 0 Å². The van der Waals surface area contributed by atoms with Crippen molar-refractivity contribution in [2.45, 2.75) is 12.8 Å². The van der Waals surface area contributed by atoms with Crippen LogP contribution in [0.15, 0.2) is 24.4 Å². The minimum absolute atomic E-state index is 0.205. The van der Waals surface area contributed by atoms with Gasteiger partial charge in [0.15, 0.2) is 5.82 Å². The van der Waals surface area contributed by atoms with E-state index in [0.717, 1.165) is 25.1 Å². The average molecular weight is 325 g/mol. The number of rotatable bonds is 1. The summed E-state index contributed by atoms with van der Waals surface area (Å²) in [5.74, 6) is 0.638. The Kier molecular flexibility index (Phi) is 2.94. The zero-order valence-corrected chi connectivity index (χ0v) is 12.7. The maximum absolute atomic E-state index is 6.23. The molecule has 0 spiro atoms. The minimum Gasteiger partial charge on any atom is -0.296 e. The molecule has 1 aromatic heterocycles. The molecule has 4 nitrogen and oxygen atoms in total. The number of benzene rings is 1. The molecule has 0 saturated heterocycles. The number of para-hydroxylation sites is 1. The van der Waals surface area contributed by atoms with Gasteiger partial charge in [-0.25, -0.2) is 9.29 Å². The Balaban J connectivity index is 1.87. The van der Waals surface area contributed by atoms with Crippen molar-refractivity contribution < 1.29 is 0 Å². The van der Waals surface area contributed by atoms with Gasteiger partial charge in [-0.3, -0.25) is 4.31 Å². The van der Waals surface area contributed by atoms with Crippen LogP contribution in [0.4, 0.5) is 17.2 Å². The van der Waals surface area contributed by atoms with Crippen molar-refractivity contribution in [1.29, 1.82) is 0 Å². The molecule has 7 heteroatoms. The Bertz CT molecular complexity index is 694. The van der Waals surface area contributed by atoms with Gasteiger partial charge in [0.05, 0.1) is 29.7 Å². The lowest BCUT2D eigenvalue weighted by Gasteiger charge is -2.23. The van der Waals surface area contributed by atoms with E-state index in [1.807, 2.05) is 4.31 Å². The Morgan fingerprint density at radius 3 is 3.05 bits per heavy atom. The number of hydrogen-bond donors (Lipinski definition) is 0. The van der Waals surface area contributed by atoms with Crippen LogP contribution in [0, 0.1) is 0 Å². The van der Waals surface area contributed by atoms with Crippen LogP contribution in [0.5, 0.6) is 0 Å². The Labute approximate surface area is 131 Å². The third kappa shape index (κ3) is 1.84. The first-order valence-corrected chi connectivity index (χ1v) is 7.78. The number of nitrogens with zero attached hydrogens (tertiary/aromatic N) is 4. The van der Waals surface area contributed by atoms with Gasteiger partial charge in [-0.2, -0.15) is 4.98 Å². The van der Waals surface area contributed by atoms with Crippen LogP contribution in [0.25, 0.3) is 0 Å². The third-order valence-electron chi connectivity index (χ3n) is 3.44. The van der Waals surface area contributed by atoms with Crippen molar-refractivity contribution in [3.63, 3.8) is 0 Å². The van der Waals surface area contributed by atoms with Gasteiger partial charge in [-0.1, -0.05) is 23.7 Å². The fourth-order valence-corrected chi connectivity index (χ4v) is 4.12. The molecular weight excluding hydrogens is 315 g/mol. The molecule has 0 amide bonds. The molecule has 0 bridgehead atoms. The van der Waals surface area contributed by atoms with E-state index in [-0.39, 0.29) is 5.28 Å². The molecule has 0 fully saturated rings. The largest absolute Gasteiger partial charge is 0.296 e. The lowest BCUT2D eigenvalue weighted by molar-refractivity contribution is 0.800. The highest BCUT2D eigenvalue weighted by Crippen LogP contribution is 2.52. The second kappa shape index (κ2) is 4.69. The molecule has 0 unspecified atom stereocenters. The number of halogens is 2. The van der Waals surface area contributed by atoms with Crippen molar-refractivity contribution in [2.24, 2.45) is 0 Å². The molecule has 102 valence electrons. The summed E-state index contributed by atoms with van der Waals surface area (Å²) in [6.07, 6.45) is 3.82. The average Bonchev–Trinajstić information content (AvgIpc) is 2.83. The van der Waals surface area contributed by atoms with E-state index >= 15 is 0 Å². The normalized spacial score (nSPS) is 16.5.